The number of amides is 1. The van der Waals surface area contributed by atoms with E-state index in [0.29, 0.717) is 5.69 Å². The van der Waals surface area contributed by atoms with Gasteiger partial charge in [0.2, 0.25) is 5.91 Å². The molecule has 0 radical (unpaired) electrons. The SMILES string of the molecule is C[C@@H](O)[C@H](NC(C)(C)C)C(=O)Nc1ccc([N+](=O)[O-])cc1. The van der Waals surface area contributed by atoms with Gasteiger partial charge in [0.1, 0.15) is 6.04 Å². The van der Waals surface area contributed by atoms with Gasteiger partial charge in [0.05, 0.1) is 11.0 Å². The predicted octanol–water partition coefficient (Wildman–Crippen LogP) is 1.67. The number of hydrogen-bond acceptors (Lipinski definition) is 5. The van der Waals surface area contributed by atoms with E-state index in [9.17, 15) is 20.0 Å². The molecule has 0 aliphatic heterocycles. The highest BCUT2D eigenvalue weighted by Crippen LogP contribution is 2.16. The fraction of sp³-hybridized carbons (Fsp3) is 0.500. The van der Waals surface area contributed by atoms with Gasteiger partial charge in [0, 0.05) is 23.4 Å². The van der Waals surface area contributed by atoms with Crippen LogP contribution in [0.15, 0.2) is 24.3 Å². The smallest absolute Gasteiger partial charge is 0.269 e. The Morgan fingerprint density at radius 3 is 2.19 bits per heavy atom. The maximum atomic E-state index is 12.2. The van der Waals surface area contributed by atoms with Gasteiger partial charge >= 0.3 is 0 Å². The third kappa shape index (κ3) is 5.49. The molecule has 1 aromatic rings. The minimum atomic E-state index is -0.873. The number of aliphatic hydroxyl groups excluding tert-OH is 1. The topological polar surface area (TPSA) is 104 Å². The Kier molecular flexibility index (Phi) is 5.40. The van der Waals surface area contributed by atoms with Crippen molar-refractivity contribution in [2.24, 2.45) is 0 Å². The van der Waals surface area contributed by atoms with E-state index < -0.39 is 23.0 Å². The van der Waals surface area contributed by atoms with Crippen molar-refractivity contribution >= 4 is 17.3 Å². The summed E-state index contributed by atoms with van der Waals surface area (Å²) < 4.78 is 0. The molecule has 7 nitrogen and oxygen atoms in total. The van der Waals surface area contributed by atoms with E-state index in [-0.39, 0.29) is 11.2 Å². The first-order valence-electron chi connectivity index (χ1n) is 6.61. The van der Waals surface area contributed by atoms with Gasteiger partial charge in [-0.3, -0.25) is 20.2 Å². The van der Waals surface area contributed by atoms with Gasteiger partial charge in [-0.25, -0.2) is 0 Å². The molecule has 1 aromatic carbocycles. The Balaban J connectivity index is 2.79. The molecule has 1 rings (SSSR count). The van der Waals surface area contributed by atoms with Crippen molar-refractivity contribution in [3.05, 3.63) is 34.4 Å². The van der Waals surface area contributed by atoms with Crippen molar-refractivity contribution in [1.29, 1.82) is 0 Å². The Hall–Kier alpha value is -1.99. The summed E-state index contributed by atoms with van der Waals surface area (Å²) in [5.74, 6) is -0.395. The van der Waals surface area contributed by atoms with Crippen molar-refractivity contribution in [1.82, 2.24) is 5.32 Å². The molecule has 0 heterocycles. The number of nitro benzene ring substituents is 1. The third-order valence-electron chi connectivity index (χ3n) is 2.70. The van der Waals surface area contributed by atoms with Crippen LogP contribution in [0.4, 0.5) is 11.4 Å². The second-order valence-electron chi connectivity index (χ2n) is 5.91. The first-order chi connectivity index (χ1) is 9.60. The van der Waals surface area contributed by atoms with E-state index in [1.54, 1.807) is 0 Å². The van der Waals surface area contributed by atoms with Crippen LogP contribution in [0, 0.1) is 10.1 Å². The highest BCUT2D eigenvalue weighted by atomic mass is 16.6. The van der Waals surface area contributed by atoms with E-state index in [1.807, 2.05) is 20.8 Å². The van der Waals surface area contributed by atoms with E-state index in [4.69, 9.17) is 0 Å². The molecule has 0 spiro atoms. The molecule has 0 unspecified atom stereocenters. The Morgan fingerprint density at radius 1 is 1.29 bits per heavy atom. The van der Waals surface area contributed by atoms with Gasteiger partial charge in [-0.05, 0) is 39.8 Å². The highest BCUT2D eigenvalue weighted by Gasteiger charge is 2.27. The number of non-ortho nitro benzene ring substituents is 1. The molecule has 1 amide bonds. The number of aliphatic hydroxyl groups is 1. The quantitative estimate of drug-likeness (QED) is 0.566. The van der Waals surface area contributed by atoms with E-state index >= 15 is 0 Å². The van der Waals surface area contributed by atoms with Gasteiger partial charge in [-0.1, -0.05) is 0 Å². The Labute approximate surface area is 123 Å². The molecule has 21 heavy (non-hydrogen) atoms. The van der Waals surface area contributed by atoms with E-state index in [2.05, 4.69) is 10.6 Å². The maximum absolute atomic E-state index is 12.2. The number of nitro groups is 1. The van der Waals surface area contributed by atoms with Crippen molar-refractivity contribution in [3.63, 3.8) is 0 Å². The standard InChI is InChI=1S/C14H21N3O4/c1-9(18)12(16-14(2,3)4)13(19)15-10-5-7-11(8-6-10)17(20)21/h5-9,12,16,18H,1-4H3,(H,15,19)/t9-,12+/m1/s1. The number of anilines is 1. The summed E-state index contributed by atoms with van der Waals surface area (Å²) in [5.41, 5.74) is 0.0499. The van der Waals surface area contributed by atoms with Crippen LogP contribution < -0.4 is 10.6 Å². The monoisotopic (exact) mass is 295 g/mol. The number of benzene rings is 1. The van der Waals surface area contributed by atoms with Gasteiger partial charge in [-0.15, -0.1) is 0 Å². The van der Waals surface area contributed by atoms with Crippen LogP contribution in [-0.2, 0) is 4.79 Å². The zero-order chi connectivity index (χ0) is 16.2. The maximum Gasteiger partial charge on any atom is 0.269 e. The zero-order valence-electron chi connectivity index (χ0n) is 12.6. The molecule has 0 aromatic heterocycles. The Morgan fingerprint density at radius 2 is 1.81 bits per heavy atom. The molecule has 0 saturated heterocycles. The lowest BCUT2D eigenvalue weighted by molar-refractivity contribution is -0.384. The number of hydrogen-bond donors (Lipinski definition) is 3. The first-order valence-corrected chi connectivity index (χ1v) is 6.61. The molecular formula is C14H21N3O4. The lowest BCUT2D eigenvalue weighted by atomic mass is 10.0. The highest BCUT2D eigenvalue weighted by molar-refractivity contribution is 5.95. The van der Waals surface area contributed by atoms with E-state index in [1.165, 1.54) is 31.2 Å². The molecule has 7 heteroatoms. The van der Waals surface area contributed by atoms with Crippen LogP contribution in [0.25, 0.3) is 0 Å². The van der Waals surface area contributed by atoms with Crippen molar-refractivity contribution < 1.29 is 14.8 Å². The van der Waals surface area contributed by atoms with Crippen LogP contribution >= 0.6 is 0 Å². The van der Waals surface area contributed by atoms with Crippen LogP contribution in [0.3, 0.4) is 0 Å². The molecule has 0 aliphatic rings. The van der Waals surface area contributed by atoms with Gasteiger partial charge in [0.15, 0.2) is 0 Å². The summed E-state index contributed by atoms with van der Waals surface area (Å²) in [6.07, 6.45) is -0.873. The normalized spacial score (nSPS) is 14.3. The van der Waals surface area contributed by atoms with Gasteiger partial charge in [-0.2, -0.15) is 0 Å². The molecule has 0 fully saturated rings. The molecule has 0 saturated carbocycles. The second-order valence-corrected chi connectivity index (χ2v) is 5.91. The minimum Gasteiger partial charge on any atom is -0.391 e. The molecule has 3 N–H and O–H groups in total. The molecule has 2 atom stereocenters. The number of carbonyl (C=O) groups excluding carboxylic acids is 1. The van der Waals surface area contributed by atoms with E-state index in [0.717, 1.165) is 0 Å². The van der Waals surface area contributed by atoms with Crippen molar-refractivity contribution in [3.8, 4) is 0 Å². The third-order valence-corrected chi connectivity index (χ3v) is 2.70. The van der Waals surface area contributed by atoms with Crippen molar-refractivity contribution in [2.45, 2.75) is 45.4 Å². The Bertz CT molecular complexity index is 506. The van der Waals surface area contributed by atoms with Crippen LogP contribution in [0.2, 0.25) is 0 Å². The fourth-order valence-electron chi connectivity index (χ4n) is 1.76. The summed E-state index contributed by atoms with van der Waals surface area (Å²) in [6, 6.07) is 4.74. The molecular weight excluding hydrogens is 274 g/mol. The van der Waals surface area contributed by atoms with Crippen LogP contribution in [0.1, 0.15) is 27.7 Å². The second kappa shape index (κ2) is 6.64. The summed E-state index contributed by atoms with van der Waals surface area (Å²) in [7, 11) is 0. The number of carbonyl (C=O) groups is 1. The first kappa shape index (κ1) is 17.1. The molecule has 0 bridgehead atoms. The molecule has 0 aliphatic carbocycles. The van der Waals surface area contributed by atoms with Crippen LogP contribution in [0.5, 0.6) is 0 Å². The van der Waals surface area contributed by atoms with Gasteiger partial charge < -0.3 is 10.4 Å². The summed E-state index contributed by atoms with van der Waals surface area (Å²) in [4.78, 5) is 22.2. The lowest BCUT2D eigenvalue weighted by Gasteiger charge is -2.29. The predicted molar refractivity (Wildman–Crippen MR) is 80.1 cm³/mol. The number of nitrogens with zero attached hydrogens (tertiary/aromatic N) is 1. The number of nitrogens with one attached hydrogen (secondary N) is 2. The number of rotatable bonds is 5. The minimum absolute atomic E-state index is 0.0482. The summed E-state index contributed by atoms with van der Waals surface area (Å²) in [5, 5.41) is 26.0. The lowest BCUT2D eigenvalue weighted by Crippen LogP contribution is -2.54. The fourth-order valence-corrected chi connectivity index (χ4v) is 1.76. The largest absolute Gasteiger partial charge is 0.391 e. The average Bonchev–Trinajstić information content (AvgIpc) is 2.35. The van der Waals surface area contributed by atoms with Gasteiger partial charge in [0.25, 0.3) is 5.69 Å². The average molecular weight is 295 g/mol. The molecule has 116 valence electrons. The zero-order valence-corrected chi connectivity index (χ0v) is 12.6. The summed E-state index contributed by atoms with van der Waals surface area (Å²) >= 11 is 0. The van der Waals surface area contributed by atoms with Crippen LogP contribution in [-0.4, -0.2) is 33.6 Å². The van der Waals surface area contributed by atoms with Crippen molar-refractivity contribution in [2.75, 3.05) is 5.32 Å². The summed E-state index contributed by atoms with van der Waals surface area (Å²) in [6.45, 7) is 7.20.